The van der Waals surface area contributed by atoms with Crippen molar-refractivity contribution in [2.45, 2.75) is 32.5 Å². The van der Waals surface area contributed by atoms with Crippen LogP contribution in [0.3, 0.4) is 0 Å². The Balaban J connectivity index is 1.95. The third-order valence-electron chi connectivity index (χ3n) is 3.00. The molecule has 0 radical (unpaired) electrons. The molecule has 0 amide bonds. The third kappa shape index (κ3) is 3.14. The van der Waals surface area contributed by atoms with Gasteiger partial charge in [0.2, 0.25) is 0 Å². The van der Waals surface area contributed by atoms with Gasteiger partial charge in [-0.1, -0.05) is 0 Å². The van der Waals surface area contributed by atoms with Gasteiger partial charge in [0.15, 0.2) is 0 Å². The number of nitrogens with zero attached hydrogens (tertiary/aromatic N) is 3. The Hall–Kier alpha value is -1.20. The smallest absolute Gasteiger partial charge is 0.147 e. The van der Waals surface area contributed by atoms with Gasteiger partial charge in [0, 0.05) is 19.7 Å². The first-order valence-corrected chi connectivity index (χ1v) is 6.11. The van der Waals surface area contributed by atoms with Crippen molar-refractivity contribution in [3.63, 3.8) is 0 Å². The minimum Gasteiger partial charge on any atom is -0.390 e. The summed E-state index contributed by atoms with van der Waals surface area (Å²) in [5.41, 5.74) is 0.620. The van der Waals surface area contributed by atoms with Gasteiger partial charge in [-0.15, -0.1) is 0 Å². The predicted molar refractivity (Wildman–Crippen MR) is 64.8 cm³/mol. The van der Waals surface area contributed by atoms with E-state index in [-0.39, 0.29) is 6.61 Å². The van der Waals surface area contributed by atoms with Crippen molar-refractivity contribution in [2.24, 2.45) is 0 Å². The highest BCUT2D eigenvalue weighted by Crippen LogP contribution is 2.19. The van der Waals surface area contributed by atoms with Crippen molar-refractivity contribution >= 4 is 5.82 Å². The Morgan fingerprint density at radius 3 is 2.82 bits per heavy atom. The Morgan fingerprint density at radius 1 is 1.41 bits per heavy atom. The summed E-state index contributed by atoms with van der Waals surface area (Å²) in [5, 5.41) is 9.03. The molecule has 0 aliphatic carbocycles. The second-order valence-corrected chi connectivity index (χ2v) is 4.17. The lowest BCUT2D eigenvalue weighted by molar-refractivity contribution is 0.0458. The second kappa shape index (κ2) is 5.93. The number of aromatic nitrogens is 2. The molecule has 0 atom stereocenters. The fraction of sp³-hybridized carbons (Fsp3) is 0.667. The van der Waals surface area contributed by atoms with Crippen molar-refractivity contribution in [3.05, 3.63) is 18.1 Å². The van der Waals surface area contributed by atoms with E-state index in [0.717, 1.165) is 38.4 Å². The molecular formula is C12H19N3O2. The van der Waals surface area contributed by atoms with Crippen LogP contribution in [0.4, 0.5) is 5.82 Å². The SMILES string of the molecule is CCOC1CCN(c2cncc(CO)n2)CC1. The number of hydrogen-bond acceptors (Lipinski definition) is 5. The maximum atomic E-state index is 9.03. The summed E-state index contributed by atoms with van der Waals surface area (Å²) in [4.78, 5) is 10.6. The lowest BCUT2D eigenvalue weighted by atomic mass is 10.1. The summed E-state index contributed by atoms with van der Waals surface area (Å²) in [5.74, 6) is 0.853. The van der Waals surface area contributed by atoms with Crippen LogP contribution in [0, 0.1) is 0 Å². The minimum absolute atomic E-state index is 0.0593. The van der Waals surface area contributed by atoms with Gasteiger partial charge in [-0.3, -0.25) is 4.98 Å². The molecule has 2 rings (SSSR count). The number of aliphatic hydroxyl groups is 1. The largest absolute Gasteiger partial charge is 0.390 e. The van der Waals surface area contributed by atoms with Crippen LogP contribution in [-0.4, -0.2) is 40.9 Å². The molecule has 0 spiro atoms. The molecule has 5 heteroatoms. The van der Waals surface area contributed by atoms with Crippen molar-refractivity contribution in [1.82, 2.24) is 9.97 Å². The van der Waals surface area contributed by atoms with E-state index < -0.39 is 0 Å². The molecule has 1 aliphatic rings. The van der Waals surface area contributed by atoms with Crippen LogP contribution in [-0.2, 0) is 11.3 Å². The summed E-state index contributed by atoms with van der Waals surface area (Å²) >= 11 is 0. The van der Waals surface area contributed by atoms with Crippen molar-refractivity contribution in [2.75, 3.05) is 24.6 Å². The molecule has 1 aromatic heterocycles. The molecule has 0 aromatic carbocycles. The van der Waals surface area contributed by atoms with Gasteiger partial charge in [-0.25, -0.2) is 4.98 Å². The molecule has 0 bridgehead atoms. The maximum Gasteiger partial charge on any atom is 0.147 e. The Labute approximate surface area is 101 Å². The average Bonchev–Trinajstić information content (AvgIpc) is 2.40. The maximum absolute atomic E-state index is 9.03. The molecule has 17 heavy (non-hydrogen) atoms. The highest BCUT2D eigenvalue weighted by molar-refractivity contribution is 5.36. The topological polar surface area (TPSA) is 58.5 Å². The lowest BCUT2D eigenvalue weighted by Gasteiger charge is -2.32. The summed E-state index contributed by atoms with van der Waals surface area (Å²) in [7, 11) is 0. The Morgan fingerprint density at radius 2 is 2.18 bits per heavy atom. The van der Waals surface area contributed by atoms with Gasteiger partial charge in [-0.05, 0) is 19.8 Å². The first-order chi connectivity index (χ1) is 8.33. The average molecular weight is 237 g/mol. The summed E-state index contributed by atoms with van der Waals surface area (Å²) < 4.78 is 5.61. The molecular weight excluding hydrogens is 218 g/mol. The zero-order valence-electron chi connectivity index (χ0n) is 10.2. The molecule has 1 fully saturated rings. The van der Waals surface area contributed by atoms with Gasteiger partial charge < -0.3 is 14.7 Å². The van der Waals surface area contributed by atoms with Crippen LogP contribution in [0.1, 0.15) is 25.5 Å². The monoisotopic (exact) mass is 237 g/mol. The zero-order chi connectivity index (χ0) is 12.1. The van der Waals surface area contributed by atoms with Crippen molar-refractivity contribution < 1.29 is 9.84 Å². The van der Waals surface area contributed by atoms with Crippen LogP contribution in [0.5, 0.6) is 0 Å². The van der Waals surface area contributed by atoms with Crippen molar-refractivity contribution in [1.29, 1.82) is 0 Å². The van der Waals surface area contributed by atoms with Crippen LogP contribution in [0.25, 0.3) is 0 Å². The molecule has 0 saturated carbocycles. The normalized spacial score (nSPS) is 17.4. The van der Waals surface area contributed by atoms with Gasteiger partial charge in [-0.2, -0.15) is 0 Å². The lowest BCUT2D eigenvalue weighted by Crippen LogP contribution is -2.37. The van der Waals surface area contributed by atoms with Crippen LogP contribution in [0.2, 0.25) is 0 Å². The fourth-order valence-corrected chi connectivity index (χ4v) is 2.11. The second-order valence-electron chi connectivity index (χ2n) is 4.17. The van der Waals surface area contributed by atoms with E-state index in [4.69, 9.17) is 9.84 Å². The van der Waals surface area contributed by atoms with E-state index in [0.29, 0.717) is 11.8 Å². The van der Waals surface area contributed by atoms with Gasteiger partial charge >= 0.3 is 0 Å². The van der Waals surface area contributed by atoms with Crippen LogP contribution < -0.4 is 4.90 Å². The van der Waals surface area contributed by atoms with E-state index in [1.54, 1.807) is 12.4 Å². The minimum atomic E-state index is -0.0593. The zero-order valence-corrected chi connectivity index (χ0v) is 10.2. The van der Waals surface area contributed by atoms with E-state index in [9.17, 15) is 0 Å². The molecule has 0 unspecified atom stereocenters. The highest BCUT2D eigenvalue weighted by atomic mass is 16.5. The number of piperidine rings is 1. The van der Waals surface area contributed by atoms with Crippen molar-refractivity contribution in [3.8, 4) is 0 Å². The first-order valence-electron chi connectivity index (χ1n) is 6.11. The number of rotatable bonds is 4. The predicted octanol–water partition coefficient (Wildman–Crippen LogP) is 0.974. The van der Waals surface area contributed by atoms with E-state index in [2.05, 4.69) is 14.9 Å². The molecule has 5 nitrogen and oxygen atoms in total. The number of anilines is 1. The summed E-state index contributed by atoms with van der Waals surface area (Å²) in [6, 6.07) is 0. The molecule has 1 saturated heterocycles. The molecule has 94 valence electrons. The summed E-state index contributed by atoms with van der Waals surface area (Å²) in [6.07, 6.45) is 5.78. The number of hydrogen-bond donors (Lipinski definition) is 1. The van der Waals surface area contributed by atoms with Gasteiger partial charge in [0.05, 0.1) is 30.8 Å². The third-order valence-corrected chi connectivity index (χ3v) is 3.00. The van der Waals surface area contributed by atoms with E-state index in [1.165, 1.54) is 0 Å². The quantitative estimate of drug-likeness (QED) is 0.845. The molecule has 1 aliphatic heterocycles. The molecule has 1 aromatic rings. The van der Waals surface area contributed by atoms with E-state index >= 15 is 0 Å². The van der Waals surface area contributed by atoms with Gasteiger partial charge in [0.1, 0.15) is 5.82 Å². The number of ether oxygens (including phenoxy) is 1. The summed E-state index contributed by atoms with van der Waals surface area (Å²) in [6.45, 7) is 4.63. The van der Waals surface area contributed by atoms with Crippen LogP contribution >= 0.6 is 0 Å². The fourth-order valence-electron chi connectivity index (χ4n) is 2.11. The van der Waals surface area contributed by atoms with Gasteiger partial charge in [0.25, 0.3) is 0 Å². The standard InChI is InChI=1S/C12H19N3O2/c1-2-17-11-3-5-15(6-4-11)12-8-13-7-10(9-16)14-12/h7-8,11,16H,2-6,9H2,1H3. The Bertz CT molecular complexity index is 351. The molecule has 2 heterocycles. The highest BCUT2D eigenvalue weighted by Gasteiger charge is 2.20. The van der Waals surface area contributed by atoms with Crippen LogP contribution in [0.15, 0.2) is 12.4 Å². The van der Waals surface area contributed by atoms with E-state index in [1.807, 2.05) is 6.92 Å². The number of aliphatic hydroxyl groups excluding tert-OH is 1. The molecule has 1 N–H and O–H groups in total. The Kier molecular flexibility index (Phi) is 4.28. The first kappa shape index (κ1) is 12.3.